The lowest BCUT2D eigenvalue weighted by Crippen LogP contribution is -2.22. The molecule has 0 heterocycles. The Kier molecular flexibility index (Phi) is 2.44. The van der Waals surface area contributed by atoms with Crippen LogP contribution < -0.4 is 5.15 Å². The maximum Gasteiger partial charge on any atom is 0.134 e. The Hall–Kier alpha value is 0.137. The number of hydrogen-bond acceptors (Lipinski definition) is 2. The summed E-state index contributed by atoms with van der Waals surface area (Å²) in [5.41, 5.74) is 0. The van der Waals surface area contributed by atoms with Gasteiger partial charge >= 0.3 is 0 Å². The molecule has 0 saturated carbocycles. The molecule has 3 heteroatoms. The van der Waals surface area contributed by atoms with E-state index in [9.17, 15) is 0 Å². The van der Waals surface area contributed by atoms with Crippen molar-refractivity contribution in [1.82, 2.24) is 5.15 Å². The number of hydrogen-bond donors (Lipinski definition) is 2. The average Bonchev–Trinajstić information content (AvgIpc) is 1.38. The third-order valence-electron chi connectivity index (χ3n) is 0.258. The SMILES string of the molecule is C[SiH](C)NO. The molecule has 0 aromatic heterocycles. The first-order valence-electron chi connectivity index (χ1n) is 1.67. The lowest BCUT2D eigenvalue weighted by molar-refractivity contribution is 0.242. The maximum absolute atomic E-state index is 7.96. The van der Waals surface area contributed by atoms with E-state index in [0.717, 1.165) is 0 Å². The van der Waals surface area contributed by atoms with Crippen molar-refractivity contribution in [1.29, 1.82) is 0 Å². The Morgan fingerprint density at radius 3 is 1.80 bits per heavy atom. The van der Waals surface area contributed by atoms with E-state index in [0.29, 0.717) is 0 Å². The van der Waals surface area contributed by atoms with Gasteiger partial charge in [0.1, 0.15) is 8.96 Å². The highest BCUT2D eigenvalue weighted by Crippen LogP contribution is 1.61. The summed E-state index contributed by atoms with van der Waals surface area (Å²) in [5, 5.41) is 10.1. The van der Waals surface area contributed by atoms with Crippen molar-refractivity contribution in [2.45, 2.75) is 13.1 Å². The van der Waals surface area contributed by atoms with Crippen molar-refractivity contribution in [3.63, 3.8) is 0 Å². The molecule has 0 bridgehead atoms. The highest BCUT2D eigenvalue weighted by atomic mass is 28.3. The van der Waals surface area contributed by atoms with Gasteiger partial charge in [0.2, 0.25) is 0 Å². The molecule has 0 unspecified atom stereocenters. The van der Waals surface area contributed by atoms with Gasteiger partial charge in [0, 0.05) is 0 Å². The number of nitrogens with one attached hydrogen (secondary N) is 1. The molecular formula is C2H9NOSi. The Morgan fingerprint density at radius 1 is 1.60 bits per heavy atom. The fourth-order valence-corrected chi connectivity index (χ4v) is 0. The van der Waals surface area contributed by atoms with Gasteiger partial charge in [0.05, 0.1) is 0 Å². The Morgan fingerprint density at radius 2 is 1.80 bits per heavy atom. The summed E-state index contributed by atoms with van der Waals surface area (Å²) in [6, 6.07) is 0. The molecule has 2 nitrogen and oxygen atoms in total. The van der Waals surface area contributed by atoms with Gasteiger partial charge in [-0.2, -0.15) is 0 Å². The van der Waals surface area contributed by atoms with Crippen molar-refractivity contribution in [3.8, 4) is 0 Å². The molecule has 0 aliphatic rings. The standard InChI is InChI=1S/C2H9NOSi/c1-5(2)3-4/h3-5H,1-2H3. The van der Waals surface area contributed by atoms with E-state index >= 15 is 0 Å². The average molecular weight is 91.2 g/mol. The predicted octanol–water partition coefficient (Wildman–Crippen LogP) is -0.0514. The molecule has 0 saturated heterocycles. The predicted molar refractivity (Wildman–Crippen MR) is 23.8 cm³/mol. The van der Waals surface area contributed by atoms with Gasteiger partial charge in [-0.25, -0.2) is 5.15 Å². The molecule has 32 valence electrons. The normalized spacial score (nSPS) is 9.60. The highest BCUT2D eigenvalue weighted by Gasteiger charge is 1.83. The monoisotopic (exact) mass is 91.0 g/mol. The van der Waals surface area contributed by atoms with Gasteiger partial charge < -0.3 is 5.21 Å². The van der Waals surface area contributed by atoms with Gasteiger partial charge in [-0.1, -0.05) is 13.1 Å². The number of rotatable bonds is 1. The summed E-state index contributed by atoms with van der Waals surface area (Å²) in [6.07, 6.45) is 0. The summed E-state index contributed by atoms with van der Waals surface area (Å²) in [5.74, 6) is 0. The highest BCUT2D eigenvalue weighted by molar-refractivity contribution is 6.52. The van der Waals surface area contributed by atoms with Crippen LogP contribution in [0.2, 0.25) is 13.1 Å². The fourth-order valence-electron chi connectivity index (χ4n) is 0. The van der Waals surface area contributed by atoms with E-state index in [1.165, 1.54) is 0 Å². The summed E-state index contributed by atoms with van der Waals surface area (Å²) < 4.78 is 0. The molecular weight excluding hydrogens is 82.1 g/mol. The second-order valence-electron chi connectivity index (χ2n) is 1.28. The van der Waals surface area contributed by atoms with Crippen LogP contribution in [-0.4, -0.2) is 14.2 Å². The third-order valence-corrected chi connectivity index (χ3v) is 0.775. The Balaban J connectivity index is 2.54. The van der Waals surface area contributed by atoms with Gasteiger partial charge in [-0.05, 0) is 0 Å². The van der Waals surface area contributed by atoms with E-state index < -0.39 is 8.96 Å². The Labute approximate surface area is 33.5 Å². The van der Waals surface area contributed by atoms with E-state index in [4.69, 9.17) is 5.21 Å². The third kappa shape index (κ3) is 4.14. The van der Waals surface area contributed by atoms with Crippen molar-refractivity contribution in [2.75, 3.05) is 0 Å². The summed E-state index contributed by atoms with van der Waals surface area (Å²) in [6.45, 7) is 4.00. The van der Waals surface area contributed by atoms with E-state index in [-0.39, 0.29) is 0 Å². The smallest absolute Gasteiger partial charge is 0.134 e. The molecule has 0 amide bonds. The second-order valence-corrected chi connectivity index (χ2v) is 3.85. The van der Waals surface area contributed by atoms with Crippen molar-refractivity contribution >= 4 is 8.96 Å². The van der Waals surface area contributed by atoms with Gasteiger partial charge in [0.15, 0.2) is 0 Å². The van der Waals surface area contributed by atoms with E-state index in [2.05, 4.69) is 5.15 Å². The molecule has 0 aromatic rings. The molecule has 0 aliphatic carbocycles. The van der Waals surface area contributed by atoms with E-state index in [1.807, 2.05) is 13.1 Å². The molecule has 2 N–H and O–H groups in total. The first-order valence-corrected chi connectivity index (χ1v) is 4.55. The molecule has 0 aliphatic heterocycles. The van der Waals surface area contributed by atoms with Gasteiger partial charge in [0.25, 0.3) is 0 Å². The minimum Gasteiger partial charge on any atom is -0.324 e. The van der Waals surface area contributed by atoms with Crippen LogP contribution in [0.1, 0.15) is 0 Å². The van der Waals surface area contributed by atoms with Crippen LogP contribution in [0.5, 0.6) is 0 Å². The van der Waals surface area contributed by atoms with Crippen molar-refractivity contribution in [2.24, 2.45) is 0 Å². The quantitative estimate of drug-likeness (QED) is 0.350. The van der Waals surface area contributed by atoms with Crippen molar-refractivity contribution in [3.05, 3.63) is 0 Å². The molecule has 0 rings (SSSR count). The first kappa shape index (κ1) is 5.14. The van der Waals surface area contributed by atoms with Crippen LogP contribution in [0.15, 0.2) is 0 Å². The zero-order valence-electron chi connectivity index (χ0n) is 3.52. The topological polar surface area (TPSA) is 32.3 Å². The zero-order chi connectivity index (χ0) is 4.28. The van der Waals surface area contributed by atoms with Crippen LogP contribution in [0.25, 0.3) is 0 Å². The first-order chi connectivity index (χ1) is 2.27. The lowest BCUT2D eigenvalue weighted by atomic mass is 11.9. The van der Waals surface area contributed by atoms with Crippen molar-refractivity contribution < 1.29 is 5.21 Å². The minimum absolute atomic E-state index is 0.844. The van der Waals surface area contributed by atoms with E-state index in [1.54, 1.807) is 0 Å². The molecule has 5 heavy (non-hydrogen) atoms. The van der Waals surface area contributed by atoms with Gasteiger partial charge in [-0.15, -0.1) is 0 Å². The zero-order valence-corrected chi connectivity index (χ0v) is 4.68. The lowest BCUT2D eigenvalue weighted by Gasteiger charge is -1.91. The maximum atomic E-state index is 7.96. The molecule has 0 aromatic carbocycles. The van der Waals surface area contributed by atoms with Crippen LogP contribution in [0.4, 0.5) is 0 Å². The van der Waals surface area contributed by atoms with Crippen LogP contribution >= 0.6 is 0 Å². The van der Waals surface area contributed by atoms with Crippen LogP contribution in [-0.2, 0) is 0 Å². The molecule has 0 spiro atoms. The molecule has 0 fully saturated rings. The fraction of sp³-hybridized carbons (Fsp3) is 1.00. The second kappa shape index (κ2) is 2.38. The summed E-state index contributed by atoms with van der Waals surface area (Å²) in [7, 11) is -0.844. The summed E-state index contributed by atoms with van der Waals surface area (Å²) in [4.78, 5) is 0. The Bertz CT molecular complexity index is 23.6. The van der Waals surface area contributed by atoms with Crippen LogP contribution in [0, 0.1) is 0 Å². The molecule has 0 atom stereocenters. The van der Waals surface area contributed by atoms with Gasteiger partial charge in [-0.3, -0.25) is 0 Å². The summed E-state index contributed by atoms with van der Waals surface area (Å²) >= 11 is 0. The van der Waals surface area contributed by atoms with Crippen LogP contribution in [0.3, 0.4) is 0 Å². The minimum atomic E-state index is -0.844. The largest absolute Gasteiger partial charge is 0.324 e. The molecule has 0 radical (unpaired) electrons.